The Morgan fingerprint density at radius 2 is 2.31 bits per heavy atom. The Labute approximate surface area is 79.4 Å². The van der Waals surface area contributed by atoms with Crippen LogP contribution in [0, 0.1) is 12.3 Å². The fraction of sp³-hybridized carbons (Fsp3) is 0.545. The van der Waals surface area contributed by atoms with Gasteiger partial charge in [-0.3, -0.25) is 0 Å². The summed E-state index contributed by atoms with van der Waals surface area (Å²) in [7, 11) is 0. The lowest BCUT2D eigenvalue weighted by Gasteiger charge is -2.11. The molecule has 1 saturated carbocycles. The summed E-state index contributed by atoms with van der Waals surface area (Å²) in [5, 5.41) is 3.40. The normalized spacial score (nSPS) is 18.3. The molecule has 0 unspecified atom stereocenters. The van der Waals surface area contributed by atoms with Gasteiger partial charge in [0, 0.05) is 12.7 Å². The van der Waals surface area contributed by atoms with Crippen molar-refractivity contribution < 1.29 is 0 Å². The minimum Gasteiger partial charge on any atom is -0.369 e. The number of aryl methyl sites for hydroxylation is 1. The highest BCUT2D eigenvalue weighted by atomic mass is 15.0. The molecule has 1 aliphatic rings. The van der Waals surface area contributed by atoms with Gasteiger partial charge >= 0.3 is 0 Å². The molecule has 1 heterocycles. The molecule has 0 atom stereocenters. The van der Waals surface area contributed by atoms with Crippen molar-refractivity contribution in [2.75, 3.05) is 11.9 Å². The number of nitrogens with one attached hydrogen (secondary N) is 1. The number of hydrogen-bond acceptors (Lipinski definition) is 2. The fourth-order valence-corrected chi connectivity index (χ4v) is 1.36. The van der Waals surface area contributed by atoms with Crippen molar-refractivity contribution in [3.8, 4) is 0 Å². The predicted octanol–water partition coefficient (Wildman–Crippen LogP) is 2.60. The van der Waals surface area contributed by atoms with Crippen LogP contribution in [0.15, 0.2) is 18.3 Å². The highest BCUT2D eigenvalue weighted by molar-refractivity contribution is 5.42. The molecule has 1 N–H and O–H groups in total. The first kappa shape index (κ1) is 8.54. The average Bonchev–Trinajstić information content (AvgIpc) is 2.83. The zero-order valence-electron chi connectivity index (χ0n) is 8.30. The van der Waals surface area contributed by atoms with Crippen LogP contribution in [0.2, 0.25) is 0 Å². The summed E-state index contributed by atoms with van der Waals surface area (Å²) in [5.74, 6) is 1.04. The molecule has 0 aliphatic heterocycles. The van der Waals surface area contributed by atoms with Gasteiger partial charge in [-0.05, 0) is 36.8 Å². The molecule has 13 heavy (non-hydrogen) atoms. The molecule has 70 valence electrons. The Balaban J connectivity index is 1.97. The van der Waals surface area contributed by atoms with E-state index >= 15 is 0 Å². The Bertz CT molecular complexity index is 303. The van der Waals surface area contributed by atoms with E-state index in [0.29, 0.717) is 5.41 Å². The lowest BCUT2D eigenvalue weighted by atomic mass is 10.1. The molecule has 1 aliphatic carbocycles. The van der Waals surface area contributed by atoms with Crippen LogP contribution in [0.5, 0.6) is 0 Å². The van der Waals surface area contributed by atoms with Crippen LogP contribution in [-0.2, 0) is 0 Å². The maximum atomic E-state index is 4.30. The zero-order chi connectivity index (χ0) is 9.31. The van der Waals surface area contributed by atoms with Gasteiger partial charge in [-0.1, -0.05) is 13.0 Å². The Kier molecular flexibility index (Phi) is 1.98. The molecule has 0 bridgehead atoms. The van der Waals surface area contributed by atoms with E-state index in [1.807, 2.05) is 12.3 Å². The fourth-order valence-electron chi connectivity index (χ4n) is 1.36. The van der Waals surface area contributed by atoms with Crippen LogP contribution >= 0.6 is 0 Å². The summed E-state index contributed by atoms with van der Waals surface area (Å²) in [6.45, 7) is 5.47. The number of pyridine rings is 1. The van der Waals surface area contributed by atoms with Crippen LogP contribution in [0.1, 0.15) is 25.3 Å². The van der Waals surface area contributed by atoms with Crippen molar-refractivity contribution in [1.29, 1.82) is 0 Å². The highest BCUT2D eigenvalue weighted by Crippen LogP contribution is 2.44. The van der Waals surface area contributed by atoms with E-state index in [-0.39, 0.29) is 0 Å². The minimum atomic E-state index is 0.546. The molecule has 0 saturated heterocycles. The lowest BCUT2D eigenvalue weighted by Crippen LogP contribution is -2.13. The van der Waals surface area contributed by atoms with Gasteiger partial charge in [0.1, 0.15) is 5.82 Å². The standard InChI is InChI=1S/C11H16N2/c1-9-4-3-7-12-10(9)13-8-11(2)5-6-11/h3-4,7H,5-6,8H2,1-2H3,(H,12,13). The van der Waals surface area contributed by atoms with Gasteiger partial charge in [0.2, 0.25) is 0 Å². The van der Waals surface area contributed by atoms with Crippen molar-refractivity contribution in [3.63, 3.8) is 0 Å². The third-order valence-electron chi connectivity index (χ3n) is 2.80. The molecular formula is C11H16N2. The number of rotatable bonds is 3. The third-order valence-corrected chi connectivity index (χ3v) is 2.80. The van der Waals surface area contributed by atoms with Gasteiger partial charge in [0.05, 0.1) is 0 Å². The second-order valence-corrected chi connectivity index (χ2v) is 4.33. The van der Waals surface area contributed by atoms with E-state index in [2.05, 4.69) is 30.2 Å². The van der Waals surface area contributed by atoms with Gasteiger partial charge in [0.15, 0.2) is 0 Å². The van der Waals surface area contributed by atoms with E-state index in [1.165, 1.54) is 18.4 Å². The van der Waals surface area contributed by atoms with E-state index in [1.54, 1.807) is 0 Å². The average molecular weight is 176 g/mol. The molecule has 0 aromatic carbocycles. The molecule has 1 aromatic rings. The third kappa shape index (κ3) is 2.00. The van der Waals surface area contributed by atoms with Crippen molar-refractivity contribution in [3.05, 3.63) is 23.9 Å². The van der Waals surface area contributed by atoms with Gasteiger partial charge < -0.3 is 5.32 Å². The van der Waals surface area contributed by atoms with E-state index < -0.39 is 0 Å². The highest BCUT2D eigenvalue weighted by Gasteiger charge is 2.36. The van der Waals surface area contributed by atoms with Gasteiger partial charge in [-0.25, -0.2) is 4.98 Å². The molecule has 0 radical (unpaired) electrons. The van der Waals surface area contributed by atoms with Crippen LogP contribution in [0.4, 0.5) is 5.82 Å². The first-order valence-electron chi connectivity index (χ1n) is 4.85. The molecule has 1 aromatic heterocycles. The molecule has 0 amide bonds. The Morgan fingerprint density at radius 1 is 1.54 bits per heavy atom. The summed E-state index contributed by atoms with van der Waals surface area (Å²) in [5.41, 5.74) is 1.77. The molecule has 2 rings (SSSR count). The summed E-state index contributed by atoms with van der Waals surface area (Å²) < 4.78 is 0. The maximum absolute atomic E-state index is 4.30. The predicted molar refractivity (Wildman–Crippen MR) is 54.8 cm³/mol. The Morgan fingerprint density at radius 3 is 2.92 bits per heavy atom. The van der Waals surface area contributed by atoms with Crippen LogP contribution in [-0.4, -0.2) is 11.5 Å². The molecule has 2 nitrogen and oxygen atoms in total. The van der Waals surface area contributed by atoms with Gasteiger partial charge in [0.25, 0.3) is 0 Å². The summed E-state index contributed by atoms with van der Waals surface area (Å²) in [6.07, 6.45) is 4.54. The second kappa shape index (κ2) is 3.02. The maximum Gasteiger partial charge on any atom is 0.128 e. The number of hydrogen-bond donors (Lipinski definition) is 1. The lowest BCUT2D eigenvalue weighted by molar-refractivity contribution is 0.609. The molecule has 0 spiro atoms. The SMILES string of the molecule is Cc1cccnc1NCC1(C)CC1. The number of anilines is 1. The number of nitrogens with zero attached hydrogens (tertiary/aromatic N) is 1. The Hall–Kier alpha value is -1.05. The van der Waals surface area contributed by atoms with Crippen molar-refractivity contribution >= 4 is 5.82 Å². The van der Waals surface area contributed by atoms with Gasteiger partial charge in [-0.15, -0.1) is 0 Å². The van der Waals surface area contributed by atoms with Crippen LogP contribution in [0.3, 0.4) is 0 Å². The monoisotopic (exact) mass is 176 g/mol. The van der Waals surface area contributed by atoms with Crippen molar-refractivity contribution in [2.45, 2.75) is 26.7 Å². The van der Waals surface area contributed by atoms with Crippen molar-refractivity contribution in [1.82, 2.24) is 4.98 Å². The quantitative estimate of drug-likeness (QED) is 0.765. The summed E-state index contributed by atoms with van der Waals surface area (Å²) in [6, 6.07) is 4.06. The largest absolute Gasteiger partial charge is 0.369 e. The number of aromatic nitrogens is 1. The first-order chi connectivity index (χ1) is 6.20. The zero-order valence-corrected chi connectivity index (χ0v) is 8.30. The van der Waals surface area contributed by atoms with E-state index in [9.17, 15) is 0 Å². The van der Waals surface area contributed by atoms with E-state index in [0.717, 1.165) is 12.4 Å². The molecular weight excluding hydrogens is 160 g/mol. The van der Waals surface area contributed by atoms with E-state index in [4.69, 9.17) is 0 Å². The van der Waals surface area contributed by atoms with Crippen LogP contribution in [0.25, 0.3) is 0 Å². The molecule has 1 fully saturated rings. The summed E-state index contributed by atoms with van der Waals surface area (Å²) >= 11 is 0. The van der Waals surface area contributed by atoms with Gasteiger partial charge in [-0.2, -0.15) is 0 Å². The first-order valence-corrected chi connectivity index (χ1v) is 4.85. The van der Waals surface area contributed by atoms with Crippen molar-refractivity contribution in [2.24, 2.45) is 5.41 Å². The van der Waals surface area contributed by atoms with Crippen LogP contribution < -0.4 is 5.32 Å². The molecule has 2 heteroatoms. The second-order valence-electron chi connectivity index (χ2n) is 4.33. The summed E-state index contributed by atoms with van der Waals surface area (Å²) in [4.78, 5) is 4.30. The smallest absolute Gasteiger partial charge is 0.128 e. The topological polar surface area (TPSA) is 24.9 Å². The minimum absolute atomic E-state index is 0.546.